The minimum atomic E-state index is 0.712. The van der Waals surface area contributed by atoms with Gasteiger partial charge < -0.3 is 4.42 Å². The molecule has 0 aliphatic heterocycles. The van der Waals surface area contributed by atoms with Gasteiger partial charge in [-0.15, -0.1) is 0 Å². The number of aromatic nitrogens is 3. The van der Waals surface area contributed by atoms with E-state index in [-0.39, 0.29) is 0 Å². The maximum Gasteiger partial charge on any atom is 0.181 e. The zero-order valence-electron chi connectivity index (χ0n) is 25.3. The molecular formula is C43H27N3O. The van der Waals surface area contributed by atoms with E-state index in [0.29, 0.717) is 5.82 Å². The minimum absolute atomic E-state index is 0.712. The zero-order valence-corrected chi connectivity index (χ0v) is 25.3. The van der Waals surface area contributed by atoms with Crippen molar-refractivity contribution in [1.82, 2.24) is 15.0 Å². The average Bonchev–Trinajstić information content (AvgIpc) is 3.63. The van der Waals surface area contributed by atoms with Crippen LogP contribution >= 0.6 is 0 Å². The first-order chi connectivity index (χ1) is 23.3. The van der Waals surface area contributed by atoms with E-state index >= 15 is 0 Å². The first kappa shape index (κ1) is 27.0. The molecule has 0 atom stereocenters. The Morgan fingerprint density at radius 2 is 1.15 bits per heavy atom. The molecule has 0 spiro atoms. The van der Waals surface area contributed by atoms with Gasteiger partial charge in [0.05, 0.1) is 11.2 Å². The summed E-state index contributed by atoms with van der Waals surface area (Å²) in [6.07, 6.45) is 1.49. The molecule has 47 heavy (non-hydrogen) atoms. The number of nitrogens with zero attached hydrogens (tertiary/aromatic N) is 3. The van der Waals surface area contributed by atoms with Gasteiger partial charge in [0.25, 0.3) is 0 Å². The van der Waals surface area contributed by atoms with Gasteiger partial charge in [-0.1, -0.05) is 133 Å². The SMILES string of the molecule is c1ccc(-c2nc(-c3ccccc3-c3c(-c4cccc(-c5ccc6ncoc6c5)c4)ccc4ccccc34)c3ccccc3n2)cc1. The normalized spacial score (nSPS) is 11.4. The summed E-state index contributed by atoms with van der Waals surface area (Å²) in [4.78, 5) is 14.5. The van der Waals surface area contributed by atoms with Crippen LogP contribution in [0.2, 0.25) is 0 Å². The Morgan fingerprint density at radius 1 is 0.426 bits per heavy atom. The average molecular weight is 602 g/mol. The smallest absolute Gasteiger partial charge is 0.181 e. The Hall–Kier alpha value is -6.39. The monoisotopic (exact) mass is 601 g/mol. The fourth-order valence-corrected chi connectivity index (χ4v) is 6.61. The first-order valence-corrected chi connectivity index (χ1v) is 15.7. The lowest BCUT2D eigenvalue weighted by Crippen LogP contribution is -1.97. The number of fused-ring (bicyclic) bond motifs is 3. The van der Waals surface area contributed by atoms with Crippen molar-refractivity contribution in [2.24, 2.45) is 0 Å². The van der Waals surface area contributed by atoms with Crippen molar-refractivity contribution in [3.8, 4) is 56.0 Å². The fourth-order valence-electron chi connectivity index (χ4n) is 6.61. The van der Waals surface area contributed by atoms with E-state index in [2.05, 4.69) is 132 Å². The maximum atomic E-state index is 5.62. The Labute approximate surface area is 271 Å². The van der Waals surface area contributed by atoms with Crippen LogP contribution in [0.15, 0.2) is 169 Å². The van der Waals surface area contributed by atoms with Crippen LogP contribution in [0.25, 0.3) is 88.8 Å². The molecule has 4 heteroatoms. The third-order valence-electron chi connectivity index (χ3n) is 8.85. The third kappa shape index (κ3) is 4.75. The van der Waals surface area contributed by atoms with Crippen molar-refractivity contribution in [3.63, 3.8) is 0 Å². The number of oxazole rings is 1. The second-order valence-electron chi connectivity index (χ2n) is 11.6. The van der Waals surface area contributed by atoms with E-state index in [1.165, 1.54) is 22.7 Å². The first-order valence-electron chi connectivity index (χ1n) is 15.7. The predicted octanol–water partition coefficient (Wildman–Crippen LogP) is 11.3. The van der Waals surface area contributed by atoms with E-state index < -0.39 is 0 Å². The van der Waals surface area contributed by atoms with Gasteiger partial charge in [-0.05, 0) is 68.4 Å². The van der Waals surface area contributed by atoms with Crippen molar-refractivity contribution < 1.29 is 4.42 Å². The lowest BCUT2D eigenvalue weighted by atomic mass is 9.86. The van der Waals surface area contributed by atoms with Gasteiger partial charge in [-0.2, -0.15) is 0 Å². The van der Waals surface area contributed by atoms with E-state index in [9.17, 15) is 0 Å². The molecule has 0 aliphatic rings. The highest BCUT2D eigenvalue weighted by Crippen LogP contribution is 2.44. The van der Waals surface area contributed by atoms with Gasteiger partial charge in [0.15, 0.2) is 17.8 Å². The van der Waals surface area contributed by atoms with Crippen LogP contribution in [0.4, 0.5) is 0 Å². The summed E-state index contributed by atoms with van der Waals surface area (Å²) in [6, 6.07) is 55.1. The molecule has 0 aliphatic carbocycles. The summed E-state index contributed by atoms with van der Waals surface area (Å²) in [6.45, 7) is 0. The summed E-state index contributed by atoms with van der Waals surface area (Å²) < 4.78 is 5.62. The molecule has 9 rings (SSSR count). The topological polar surface area (TPSA) is 51.8 Å². The lowest BCUT2D eigenvalue weighted by molar-refractivity contribution is 0.602. The maximum absolute atomic E-state index is 5.62. The minimum Gasteiger partial charge on any atom is -0.443 e. The van der Waals surface area contributed by atoms with Crippen LogP contribution in [0.5, 0.6) is 0 Å². The van der Waals surface area contributed by atoms with Crippen LogP contribution in [-0.2, 0) is 0 Å². The summed E-state index contributed by atoms with van der Waals surface area (Å²) >= 11 is 0. The standard InChI is InChI=1S/C43H27N3O/c1-2-12-29(13-3-1)43-45-38-20-9-8-19-37(38)42(46-43)36-18-7-6-17-35(36)41-33-16-5-4-11-28(33)21-23-34(41)32-15-10-14-30(25-32)31-22-24-39-40(26-31)47-27-44-39/h1-27H. The predicted molar refractivity (Wildman–Crippen MR) is 192 cm³/mol. The molecule has 0 fully saturated rings. The van der Waals surface area contributed by atoms with Gasteiger partial charge in [-0.25, -0.2) is 15.0 Å². The summed E-state index contributed by atoms with van der Waals surface area (Å²) in [7, 11) is 0. The summed E-state index contributed by atoms with van der Waals surface area (Å²) in [5, 5.41) is 3.39. The molecule has 0 radical (unpaired) electrons. The van der Waals surface area contributed by atoms with Gasteiger partial charge in [0, 0.05) is 16.5 Å². The van der Waals surface area contributed by atoms with Crippen molar-refractivity contribution in [2.75, 3.05) is 0 Å². The van der Waals surface area contributed by atoms with Crippen molar-refractivity contribution in [1.29, 1.82) is 0 Å². The molecule has 0 bridgehead atoms. The molecule has 0 unspecified atom stereocenters. The van der Waals surface area contributed by atoms with Crippen LogP contribution in [0, 0.1) is 0 Å². The van der Waals surface area contributed by atoms with E-state index in [1.807, 2.05) is 30.3 Å². The molecular weight excluding hydrogens is 574 g/mol. The molecule has 220 valence electrons. The number of benzene rings is 7. The summed E-state index contributed by atoms with van der Waals surface area (Å²) in [5.74, 6) is 0.712. The summed E-state index contributed by atoms with van der Waals surface area (Å²) in [5.41, 5.74) is 12.3. The number of para-hydroxylation sites is 1. The number of rotatable bonds is 5. The molecule has 0 saturated carbocycles. The second kappa shape index (κ2) is 11.2. The van der Waals surface area contributed by atoms with Gasteiger partial charge in [0.1, 0.15) is 5.52 Å². The van der Waals surface area contributed by atoms with E-state index in [4.69, 9.17) is 14.4 Å². The molecule has 0 N–H and O–H groups in total. The van der Waals surface area contributed by atoms with Gasteiger partial charge in [-0.3, -0.25) is 0 Å². The number of hydrogen-bond acceptors (Lipinski definition) is 4. The molecule has 0 amide bonds. The van der Waals surface area contributed by atoms with E-state index in [1.54, 1.807) is 0 Å². The second-order valence-corrected chi connectivity index (χ2v) is 11.6. The molecule has 4 nitrogen and oxygen atoms in total. The Morgan fingerprint density at radius 3 is 2.06 bits per heavy atom. The molecule has 7 aromatic carbocycles. The van der Waals surface area contributed by atoms with Crippen molar-refractivity contribution in [2.45, 2.75) is 0 Å². The Balaban J connectivity index is 1.29. The van der Waals surface area contributed by atoms with Crippen LogP contribution in [0.3, 0.4) is 0 Å². The fraction of sp³-hybridized carbons (Fsp3) is 0. The zero-order chi connectivity index (χ0) is 31.2. The quantitative estimate of drug-likeness (QED) is 0.197. The van der Waals surface area contributed by atoms with Crippen LogP contribution in [0.1, 0.15) is 0 Å². The number of hydrogen-bond donors (Lipinski definition) is 0. The Kier molecular flexibility index (Phi) is 6.43. The highest BCUT2D eigenvalue weighted by molar-refractivity contribution is 6.09. The lowest BCUT2D eigenvalue weighted by Gasteiger charge is -2.19. The largest absolute Gasteiger partial charge is 0.443 e. The van der Waals surface area contributed by atoms with Crippen LogP contribution in [-0.4, -0.2) is 15.0 Å². The third-order valence-corrected chi connectivity index (χ3v) is 8.85. The van der Waals surface area contributed by atoms with Crippen LogP contribution < -0.4 is 0 Å². The molecule has 2 heterocycles. The molecule has 2 aromatic heterocycles. The molecule has 0 saturated heterocycles. The highest BCUT2D eigenvalue weighted by atomic mass is 16.3. The van der Waals surface area contributed by atoms with Crippen molar-refractivity contribution in [3.05, 3.63) is 164 Å². The van der Waals surface area contributed by atoms with Gasteiger partial charge in [0.2, 0.25) is 0 Å². The van der Waals surface area contributed by atoms with Crippen molar-refractivity contribution >= 4 is 32.8 Å². The van der Waals surface area contributed by atoms with Gasteiger partial charge >= 0.3 is 0 Å². The highest BCUT2D eigenvalue weighted by Gasteiger charge is 2.19. The molecule has 9 aromatic rings. The Bertz CT molecular complexity index is 2590. The van der Waals surface area contributed by atoms with E-state index in [0.717, 1.165) is 66.6 Å².